The summed E-state index contributed by atoms with van der Waals surface area (Å²) in [5.41, 5.74) is 0. The number of ether oxygens (including phenoxy) is 4. The Labute approximate surface area is 141 Å². The first-order valence-electron chi connectivity index (χ1n) is 7.82. The van der Waals surface area contributed by atoms with Gasteiger partial charge in [-0.1, -0.05) is 0 Å². The lowest BCUT2D eigenvalue weighted by Gasteiger charge is -2.12. The second-order valence-corrected chi connectivity index (χ2v) is 4.74. The van der Waals surface area contributed by atoms with Crippen molar-refractivity contribution in [2.24, 2.45) is 0 Å². The molecular formula is C15H24NO8. The van der Waals surface area contributed by atoms with E-state index < -0.39 is 17.8 Å². The summed E-state index contributed by atoms with van der Waals surface area (Å²) in [6.45, 7) is 6.69. The predicted octanol–water partition coefficient (Wildman–Crippen LogP) is -0.116. The number of hydrogen-bond donors (Lipinski definition) is 0. The van der Waals surface area contributed by atoms with Gasteiger partial charge in [-0.2, -0.15) is 0 Å². The largest absolute Gasteiger partial charge is 0.379 e. The number of nitrogens with zero attached hydrogens (tertiary/aromatic N) is 1. The van der Waals surface area contributed by atoms with Crippen LogP contribution in [0.2, 0.25) is 0 Å². The van der Waals surface area contributed by atoms with Crippen molar-refractivity contribution in [3.8, 4) is 0 Å². The van der Waals surface area contributed by atoms with Gasteiger partial charge in [0, 0.05) is 19.4 Å². The molecule has 9 nitrogen and oxygen atoms in total. The van der Waals surface area contributed by atoms with E-state index in [1.165, 1.54) is 0 Å². The summed E-state index contributed by atoms with van der Waals surface area (Å²) in [6, 6.07) is 0. The van der Waals surface area contributed by atoms with Gasteiger partial charge in [0.05, 0.1) is 52.7 Å². The van der Waals surface area contributed by atoms with Crippen molar-refractivity contribution < 1.29 is 38.2 Å². The van der Waals surface area contributed by atoms with Gasteiger partial charge in [-0.25, -0.2) is 4.79 Å². The fraction of sp³-hybridized carbons (Fsp3) is 0.733. The van der Waals surface area contributed by atoms with Crippen molar-refractivity contribution in [1.29, 1.82) is 0 Å². The molecule has 0 N–H and O–H groups in total. The molecule has 1 heterocycles. The Kier molecular flexibility index (Phi) is 10.9. The summed E-state index contributed by atoms with van der Waals surface area (Å²) in [6.07, 6.45) is 0.103. The van der Waals surface area contributed by atoms with Crippen LogP contribution < -0.4 is 0 Å². The summed E-state index contributed by atoms with van der Waals surface area (Å²) in [5, 5.41) is 0.521. The summed E-state index contributed by atoms with van der Waals surface area (Å²) < 4.78 is 20.7. The lowest BCUT2D eigenvalue weighted by molar-refractivity contribution is -0.198. The van der Waals surface area contributed by atoms with E-state index in [4.69, 9.17) is 18.9 Å². The van der Waals surface area contributed by atoms with Gasteiger partial charge in [0.2, 0.25) is 0 Å². The Balaban J connectivity index is 1.87. The van der Waals surface area contributed by atoms with Crippen molar-refractivity contribution in [3.05, 3.63) is 6.92 Å². The van der Waals surface area contributed by atoms with Crippen molar-refractivity contribution in [2.75, 3.05) is 52.9 Å². The van der Waals surface area contributed by atoms with Crippen molar-refractivity contribution in [2.45, 2.75) is 19.3 Å². The quantitative estimate of drug-likeness (QED) is 0.317. The van der Waals surface area contributed by atoms with Crippen LogP contribution in [0.5, 0.6) is 0 Å². The van der Waals surface area contributed by atoms with Crippen molar-refractivity contribution in [3.63, 3.8) is 0 Å². The zero-order chi connectivity index (χ0) is 17.6. The number of hydrogen-bond acceptors (Lipinski definition) is 8. The van der Waals surface area contributed by atoms with E-state index in [1.807, 2.05) is 0 Å². The summed E-state index contributed by atoms with van der Waals surface area (Å²) >= 11 is 0. The lowest BCUT2D eigenvalue weighted by Crippen LogP contribution is -2.32. The van der Waals surface area contributed by atoms with Crippen LogP contribution in [0.3, 0.4) is 0 Å². The Morgan fingerprint density at radius 1 is 0.833 bits per heavy atom. The molecule has 1 aliphatic rings. The molecule has 137 valence electrons. The molecular weight excluding hydrogens is 322 g/mol. The SMILES string of the molecule is [CH2]COCCOCCOCCOCCC(=O)ON1C(=O)CCC1=O. The fourth-order valence-corrected chi connectivity index (χ4v) is 1.72. The number of amides is 2. The first-order chi connectivity index (χ1) is 11.6. The molecule has 0 aromatic rings. The number of carbonyl (C=O) groups excluding carboxylic acids is 3. The van der Waals surface area contributed by atoms with E-state index in [9.17, 15) is 14.4 Å². The van der Waals surface area contributed by atoms with Crippen LogP contribution in [0.4, 0.5) is 0 Å². The number of rotatable bonds is 14. The smallest absolute Gasteiger partial charge is 0.335 e. The first-order valence-corrected chi connectivity index (χ1v) is 7.82. The molecule has 0 aromatic carbocycles. The third-order valence-corrected chi connectivity index (χ3v) is 2.91. The summed E-state index contributed by atoms with van der Waals surface area (Å²) in [5.74, 6) is -1.68. The number of imide groups is 1. The summed E-state index contributed by atoms with van der Waals surface area (Å²) in [4.78, 5) is 38.7. The van der Waals surface area contributed by atoms with Crippen LogP contribution >= 0.6 is 0 Å². The third-order valence-electron chi connectivity index (χ3n) is 2.91. The molecule has 1 saturated heterocycles. The van der Waals surface area contributed by atoms with Gasteiger partial charge in [0.1, 0.15) is 0 Å². The molecule has 0 bridgehead atoms. The summed E-state index contributed by atoms with van der Waals surface area (Å²) in [7, 11) is 0. The van der Waals surface area contributed by atoms with E-state index in [1.54, 1.807) is 0 Å². The van der Waals surface area contributed by atoms with Gasteiger partial charge in [0.25, 0.3) is 11.8 Å². The maximum atomic E-state index is 11.5. The Hall–Kier alpha value is -1.55. The Morgan fingerprint density at radius 2 is 1.29 bits per heavy atom. The molecule has 9 heteroatoms. The average Bonchev–Trinajstić information content (AvgIpc) is 2.88. The number of hydroxylamine groups is 2. The van der Waals surface area contributed by atoms with Gasteiger partial charge in [-0.05, 0) is 6.92 Å². The van der Waals surface area contributed by atoms with Crippen molar-refractivity contribution >= 4 is 17.8 Å². The highest BCUT2D eigenvalue weighted by atomic mass is 16.7. The molecule has 1 rings (SSSR count). The molecule has 1 radical (unpaired) electrons. The Morgan fingerprint density at radius 3 is 1.79 bits per heavy atom. The molecule has 2 amide bonds. The molecule has 1 aliphatic heterocycles. The maximum Gasteiger partial charge on any atom is 0.335 e. The molecule has 0 aliphatic carbocycles. The highest BCUT2D eigenvalue weighted by Crippen LogP contribution is 2.12. The van der Waals surface area contributed by atoms with E-state index in [2.05, 4.69) is 11.8 Å². The normalized spacial score (nSPS) is 14.5. The van der Waals surface area contributed by atoms with Gasteiger partial charge in [-0.15, -0.1) is 5.06 Å². The molecule has 0 aromatic heterocycles. The topological polar surface area (TPSA) is 101 Å². The minimum Gasteiger partial charge on any atom is -0.379 e. The van der Waals surface area contributed by atoms with Crippen LogP contribution in [0, 0.1) is 6.92 Å². The van der Waals surface area contributed by atoms with Crippen LogP contribution in [0.15, 0.2) is 0 Å². The zero-order valence-electron chi connectivity index (χ0n) is 13.7. The third kappa shape index (κ3) is 8.92. The van der Waals surface area contributed by atoms with E-state index in [0.29, 0.717) is 51.3 Å². The van der Waals surface area contributed by atoms with E-state index in [0.717, 1.165) is 0 Å². The lowest BCUT2D eigenvalue weighted by atomic mass is 10.4. The van der Waals surface area contributed by atoms with E-state index >= 15 is 0 Å². The highest BCUT2D eigenvalue weighted by Gasteiger charge is 2.32. The van der Waals surface area contributed by atoms with Crippen LogP contribution in [-0.2, 0) is 38.2 Å². The maximum absolute atomic E-state index is 11.5. The molecule has 0 atom stereocenters. The molecule has 0 spiro atoms. The van der Waals surface area contributed by atoms with Gasteiger partial charge in [-0.3, -0.25) is 9.59 Å². The van der Waals surface area contributed by atoms with Crippen LogP contribution in [0.25, 0.3) is 0 Å². The monoisotopic (exact) mass is 346 g/mol. The first kappa shape index (κ1) is 20.5. The predicted molar refractivity (Wildman–Crippen MR) is 80.4 cm³/mol. The number of carbonyl (C=O) groups is 3. The molecule has 0 unspecified atom stereocenters. The highest BCUT2D eigenvalue weighted by molar-refractivity contribution is 6.01. The molecule has 1 fully saturated rings. The molecule has 24 heavy (non-hydrogen) atoms. The minimum absolute atomic E-state index is 0.0491. The van der Waals surface area contributed by atoms with Gasteiger partial charge in [0.15, 0.2) is 0 Å². The average molecular weight is 346 g/mol. The van der Waals surface area contributed by atoms with Crippen molar-refractivity contribution in [1.82, 2.24) is 5.06 Å². The van der Waals surface area contributed by atoms with Crippen LogP contribution in [-0.4, -0.2) is 75.7 Å². The molecule has 0 saturated carbocycles. The Bertz CT molecular complexity index is 385. The fourth-order valence-electron chi connectivity index (χ4n) is 1.72. The second-order valence-electron chi connectivity index (χ2n) is 4.74. The second kappa shape index (κ2) is 12.8. The van der Waals surface area contributed by atoms with Gasteiger partial charge >= 0.3 is 5.97 Å². The zero-order valence-corrected chi connectivity index (χ0v) is 13.7. The van der Waals surface area contributed by atoms with E-state index in [-0.39, 0.29) is 25.9 Å². The van der Waals surface area contributed by atoms with Crippen LogP contribution in [0.1, 0.15) is 19.3 Å². The standard InChI is InChI=1S/C15H24NO8/c1-2-20-7-8-22-11-12-23-10-9-21-6-5-15(19)24-16-13(17)3-4-14(16)18/h1-12H2. The minimum atomic E-state index is -0.683. The van der Waals surface area contributed by atoms with Gasteiger partial charge < -0.3 is 23.8 Å².